The Morgan fingerprint density at radius 1 is 1.12 bits per heavy atom. The number of hydrogen-bond acceptors (Lipinski definition) is 5. The van der Waals surface area contributed by atoms with Gasteiger partial charge in [-0.2, -0.15) is 16.8 Å². The molecule has 9 heteroatoms. The Kier molecular flexibility index (Phi) is 3.89. The number of hydrogen-bond donors (Lipinski definition) is 3. The van der Waals surface area contributed by atoms with Crippen LogP contribution in [0.3, 0.4) is 0 Å². The zero-order valence-electron chi connectivity index (χ0n) is 8.52. The van der Waals surface area contributed by atoms with E-state index < -0.39 is 36.9 Å². The van der Waals surface area contributed by atoms with Crippen LogP contribution in [0.4, 0.5) is 0 Å². The summed E-state index contributed by atoms with van der Waals surface area (Å²) in [6.45, 7) is -0.509. The van der Waals surface area contributed by atoms with Gasteiger partial charge in [-0.15, -0.1) is 0 Å². The minimum atomic E-state index is -4.58. The third kappa shape index (κ3) is 3.23. The summed E-state index contributed by atoms with van der Waals surface area (Å²) in [4.78, 5) is -0.590. The van der Waals surface area contributed by atoms with Gasteiger partial charge in [-0.25, -0.2) is 0 Å². The van der Waals surface area contributed by atoms with Crippen molar-refractivity contribution in [3.05, 3.63) is 29.8 Å². The molecule has 1 aromatic rings. The van der Waals surface area contributed by atoms with Crippen molar-refractivity contribution in [2.45, 2.75) is 10.1 Å². The van der Waals surface area contributed by atoms with E-state index in [9.17, 15) is 16.8 Å². The second-order valence-electron chi connectivity index (χ2n) is 3.25. The van der Waals surface area contributed by atoms with Gasteiger partial charge in [-0.3, -0.25) is 9.11 Å². The second-order valence-corrected chi connectivity index (χ2v) is 6.24. The molecule has 7 nitrogen and oxygen atoms in total. The zero-order valence-corrected chi connectivity index (χ0v) is 10.1. The Labute approximate surface area is 98.8 Å². The molecule has 0 saturated carbocycles. The lowest BCUT2D eigenvalue weighted by atomic mass is 10.1. The largest absolute Gasteiger partial charge is 0.329 e. The van der Waals surface area contributed by atoms with Gasteiger partial charge in [0.15, 0.2) is 0 Å². The average molecular weight is 281 g/mol. The molecule has 0 bridgehead atoms. The highest BCUT2D eigenvalue weighted by Gasteiger charge is 2.29. The summed E-state index contributed by atoms with van der Waals surface area (Å²) < 4.78 is 62.0. The molecule has 0 heterocycles. The van der Waals surface area contributed by atoms with Gasteiger partial charge in [0.2, 0.25) is 0 Å². The van der Waals surface area contributed by atoms with Gasteiger partial charge >= 0.3 is 0 Å². The first-order valence-electron chi connectivity index (χ1n) is 4.40. The highest BCUT2D eigenvalue weighted by molar-refractivity contribution is 7.87. The summed E-state index contributed by atoms with van der Waals surface area (Å²) in [6, 6.07) is 4.87. The molecule has 96 valence electrons. The van der Waals surface area contributed by atoms with Crippen molar-refractivity contribution in [2.75, 3.05) is 6.54 Å². The van der Waals surface area contributed by atoms with Crippen molar-refractivity contribution >= 4 is 20.2 Å². The van der Waals surface area contributed by atoms with Gasteiger partial charge in [0, 0.05) is 6.54 Å². The summed E-state index contributed by atoms with van der Waals surface area (Å²) in [5, 5.41) is -1.60. The van der Waals surface area contributed by atoms with Gasteiger partial charge in [-0.1, -0.05) is 18.2 Å². The number of benzene rings is 1. The molecule has 0 aliphatic carbocycles. The molecule has 1 unspecified atom stereocenters. The molecule has 0 fully saturated rings. The monoisotopic (exact) mass is 281 g/mol. The number of rotatable bonds is 4. The van der Waals surface area contributed by atoms with E-state index in [-0.39, 0.29) is 5.56 Å². The molecule has 17 heavy (non-hydrogen) atoms. The minimum absolute atomic E-state index is 0.264. The average Bonchev–Trinajstić information content (AvgIpc) is 2.15. The van der Waals surface area contributed by atoms with Crippen LogP contribution < -0.4 is 5.73 Å². The third-order valence-corrected chi connectivity index (χ3v) is 4.21. The maximum atomic E-state index is 11.0. The van der Waals surface area contributed by atoms with Crippen molar-refractivity contribution in [2.24, 2.45) is 5.73 Å². The van der Waals surface area contributed by atoms with Gasteiger partial charge in [0.05, 0.1) is 4.90 Å². The predicted molar refractivity (Wildman–Crippen MR) is 59.6 cm³/mol. The lowest BCUT2D eigenvalue weighted by molar-refractivity contribution is 0.467. The Hall–Kier alpha value is -1.00. The fourth-order valence-corrected chi connectivity index (χ4v) is 2.99. The molecule has 1 rings (SSSR count). The van der Waals surface area contributed by atoms with E-state index in [0.717, 1.165) is 12.1 Å². The Bertz CT molecular complexity index is 607. The van der Waals surface area contributed by atoms with E-state index in [4.69, 9.17) is 14.8 Å². The van der Waals surface area contributed by atoms with Gasteiger partial charge < -0.3 is 5.73 Å². The van der Waals surface area contributed by atoms with Crippen LogP contribution in [0.1, 0.15) is 10.8 Å². The molecular weight excluding hydrogens is 270 g/mol. The molecule has 0 aliphatic rings. The normalized spacial score (nSPS) is 14.5. The fourth-order valence-electron chi connectivity index (χ4n) is 1.39. The zero-order chi connectivity index (χ0) is 13.3. The summed E-state index contributed by atoms with van der Waals surface area (Å²) in [5.74, 6) is 0. The molecule has 1 atom stereocenters. The molecule has 0 aliphatic heterocycles. The SMILES string of the molecule is NCC(c1ccccc1S(=O)(=O)O)S(=O)(=O)O. The smallest absolute Gasteiger partial charge is 0.294 e. The van der Waals surface area contributed by atoms with Crippen LogP contribution in [0.25, 0.3) is 0 Å². The van der Waals surface area contributed by atoms with Crippen LogP contribution in [0.15, 0.2) is 29.2 Å². The van der Waals surface area contributed by atoms with Crippen LogP contribution in [-0.4, -0.2) is 32.5 Å². The molecular formula is C8H11NO6S2. The highest BCUT2D eigenvalue weighted by atomic mass is 32.2. The Morgan fingerprint density at radius 3 is 2.06 bits per heavy atom. The third-order valence-electron chi connectivity index (χ3n) is 2.12. The van der Waals surface area contributed by atoms with Crippen molar-refractivity contribution in [1.29, 1.82) is 0 Å². The van der Waals surface area contributed by atoms with Crippen molar-refractivity contribution in [3.63, 3.8) is 0 Å². The van der Waals surface area contributed by atoms with Crippen LogP contribution in [-0.2, 0) is 20.2 Å². The van der Waals surface area contributed by atoms with Gasteiger partial charge in [0.1, 0.15) is 5.25 Å². The topological polar surface area (TPSA) is 135 Å². The molecule has 0 radical (unpaired) electrons. The first kappa shape index (κ1) is 14.1. The summed E-state index contributed by atoms with van der Waals surface area (Å²) in [7, 11) is -9.13. The van der Waals surface area contributed by atoms with Crippen LogP contribution in [0, 0.1) is 0 Å². The number of nitrogens with two attached hydrogens (primary N) is 1. The summed E-state index contributed by atoms with van der Waals surface area (Å²) in [6.07, 6.45) is 0. The highest BCUT2D eigenvalue weighted by Crippen LogP contribution is 2.26. The molecule has 4 N–H and O–H groups in total. The van der Waals surface area contributed by atoms with Crippen molar-refractivity contribution < 1.29 is 25.9 Å². The van der Waals surface area contributed by atoms with Crippen LogP contribution >= 0.6 is 0 Å². The maximum Gasteiger partial charge on any atom is 0.294 e. The minimum Gasteiger partial charge on any atom is -0.329 e. The van der Waals surface area contributed by atoms with E-state index in [1.807, 2.05) is 0 Å². The van der Waals surface area contributed by atoms with Gasteiger partial charge in [-0.05, 0) is 11.6 Å². The van der Waals surface area contributed by atoms with Gasteiger partial charge in [0.25, 0.3) is 20.2 Å². The quantitative estimate of drug-likeness (QED) is 0.651. The van der Waals surface area contributed by atoms with Crippen LogP contribution in [0.5, 0.6) is 0 Å². The first-order valence-corrected chi connectivity index (χ1v) is 7.35. The summed E-state index contributed by atoms with van der Waals surface area (Å²) in [5.41, 5.74) is 4.92. The van der Waals surface area contributed by atoms with E-state index in [0.29, 0.717) is 0 Å². The van der Waals surface area contributed by atoms with E-state index in [2.05, 4.69) is 0 Å². The van der Waals surface area contributed by atoms with E-state index in [1.54, 1.807) is 0 Å². The van der Waals surface area contributed by atoms with E-state index in [1.165, 1.54) is 12.1 Å². The molecule has 0 saturated heterocycles. The molecule has 0 spiro atoms. The molecule has 0 aromatic heterocycles. The van der Waals surface area contributed by atoms with Crippen molar-refractivity contribution in [1.82, 2.24) is 0 Å². The van der Waals surface area contributed by atoms with E-state index >= 15 is 0 Å². The second kappa shape index (κ2) is 4.70. The Balaban J connectivity index is 3.52. The molecule has 1 aromatic carbocycles. The Morgan fingerprint density at radius 2 is 1.65 bits per heavy atom. The fraction of sp³-hybridized carbons (Fsp3) is 0.250. The predicted octanol–water partition coefficient (Wildman–Crippen LogP) is -0.179. The first-order chi connectivity index (χ1) is 7.68. The van der Waals surface area contributed by atoms with Crippen LogP contribution in [0.2, 0.25) is 0 Å². The van der Waals surface area contributed by atoms with Crippen molar-refractivity contribution in [3.8, 4) is 0 Å². The standard InChI is InChI=1S/C8H11NO6S2/c9-5-8(17(13,14)15)6-3-1-2-4-7(6)16(10,11)12/h1-4,8H,5,9H2,(H,10,11,12)(H,13,14,15). The maximum absolute atomic E-state index is 11.0. The lowest BCUT2D eigenvalue weighted by Crippen LogP contribution is -2.23. The molecule has 0 amide bonds. The summed E-state index contributed by atoms with van der Waals surface area (Å²) >= 11 is 0. The lowest BCUT2D eigenvalue weighted by Gasteiger charge is -2.14.